The van der Waals surface area contributed by atoms with Crippen molar-refractivity contribution in [1.29, 1.82) is 0 Å². The van der Waals surface area contributed by atoms with Gasteiger partial charge in [0.05, 0.1) is 5.56 Å². The highest BCUT2D eigenvalue weighted by Crippen LogP contribution is 2.38. The van der Waals surface area contributed by atoms with Gasteiger partial charge in [-0.15, -0.1) is 12.4 Å². The minimum Gasteiger partial charge on any atom is -0.338 e. The summed E-state index contributed by atoms with van der Waals surface area (Å²) >= 11 is 3.31. The highest BCUT2D eigenvalue weighted by Gasteiger charge is 2.42. The normalized spacial score (nSPS) is 28.1. The average Bonchev–Trinajstić information content (AvgIpc) is 2.94. The van der Waals surface area contributed by atoms with Gasteiger partial charge >= 0.3 is 0 Å². The first-order valence-corrected chi connectivity index (χ1v) is 7.35. The van der Waals surface area contributed by atoms with E-state index in [1.54, 1.807) is 6.07 Å². The molecule has 6 heteroatoms. The molecule has 0 bridgehead atoms. The molecule has 3 unspecified atom stereocenters. The molecule has 2 N–H and O–H groups in total. The number of amides is 1. The second kappa shape index (κ2) is 6.00. The van der Waals surface area contributed by atoms with Crippen LogP contribution in [0.5, 0.6) is 0 Å². The summed E-state index contributed by atoms with van der Waals surface area (Å²) in [6.07, 6.45) is 2.15. The van der Waals surface area contributed by atoms with Crippen molar-refractivity contribution in [2.75, 3.05) is 13.1 Å². The van der Waals surface area contributed by atoms with E-state index in [9.17, 15) is 9.18 Å². The Morgan fingerprint density at radius 3 is 2.80 bits per heavy atom. The Labute approximate surface area is 132 Å². The molecule has 1 heterocycles. The predicted octanol–water partition coefficient (Wildman–Crippen LogP) is 2.82. The number of nitrogens with zero attached hydrogens (tertiary/aromatic N) is 1. The first kappa shape index (κ1) is 15.7. The van der Waals surface area contributed by atoms with Crippen LogP contribution in [-0.4, -0.2) is 29.9 Å². The minimum absolute atomic E-state index is 0. The fourth-order valence-electron chi connectivity index (χ4n) is 3.31. The fraction of sp³-hybridized carbons (Fsp3) is 0.500. The molecular weight excluding hydrogens is 347 g/mol. The summed E-state index contributed by atoms with van der Waals surface area (Å²) in [4.78, 5) is 14.3. The van der Waals surface area contributed by atoms with Crippen molar-refractivity contribution < 1.29 is 9.18 Å². The topological polar surface area (TPSA) is 46.3 Å². The van der Waals surface area contributed by atoms with Crippen LogP contribution in [0.25, 0.3) is 0 Å². The number of hydrogen-bond donors (Lipinski definition) is 1. The number of halogens is 3. The summed E-state index contributed by atoms with van der Waals surface area (Å²) < 4.78 is 13.9. The van der Waals surface area contributed by atoms with Crippen molar-refractivity contribution in [2.24, 2.45) is 17.6 Å². The summed E-state index contributed by atoms with van der Waals surface area (Å²) in [5.74, 6) is 0.443. The number of hydrogen-bond acceptors (Lipinski definition) is 2. The number of carbonyl (C=O) groups is 1. The van der Waals surface area contributed by atoms with Gasteiger partial charge in [0.25, 0.3) is 5.91 Å². The second-order valence-electron chi connectivity index (χ2n) is 5.50. The Bertz CT molecular complexity index is 528. The van der Waals surface area contributed by atoms with Crippen molar-refractivity contribution in [2.45, 2.75) is 18.9 Å². The molecule has 0 aromatic heterocycles. The molecule has 1 saturated heterocycles. The van der Waals surface area contributed by atoms with E-state index >= 15 is 0 Å². The number of likely N-dealkylation sites (tertiary alicyclic amines) is 1. The summed E-state index contributed by atoms with van der Waals surface area (Å²) in [6.45, 7) is 1.45. The van der Waals surface area contributed by atoms with Gasteiger partial charge in [-0.2, -0.15) is 0 Å². The highest BCUT2D eigenvalue weighted by molar-refractivity contribution is 9.10. The third-order valence-electron chi connectivity index (χ3n) is 4.36. The Kier molecular flexibility index (Phi) is 4.72. The Hall–Kier alpha value is -0.650. The number of rotatable bonds is 1. The van der Waals surface area contributed by atoms with E-state index < -0.39 is 0 Å². The van der Waals surface area contributed by atoms with Crippen LogP contribution in [0.2, 0.25) is 0 Å². The molecule has 3 atom stereocenters. The van der Waals surface area contributed by atoms with E-state index in [0.29, 0.717) is 28.4 Å². The smallest absolute Gasteiger partial charge is 0.255 e. The highest BCUT2D eigenvalue weighted by atomic mass is 79.9. The van der Waals surface area contributed by atoms with E-state index in [0.717, 1.165) is 19.4 Å². The maximum absolute atomic E-state index is 13.3. The van der Waals surface area contributed by atoms with Crippen LogP contribution >= 0.6 is 28.3 Å². The van der Waals surface area contributed by atoms with Gasteiger partial charge in [-0.25, -0.2) is 4.39 Å². The van der Waals surface area contributed by atoms with Crippen molar-refractivity contribution in [3.05, 3.63) is 34.1 Å². The Morgan fingerprint density at radius 1 is 1.35 bits per heavy atom. The van der Waals surface area contributed by atoms with Gasteiger partial charge in [-0.05, 0) is 58.8 Å². The zero-order chi connectivity index (χ0) is 13.6. The molecule has 1 saturated carbocycles. The molecule has 3 rings (SSSR count). The van der Waals surface area contributed by atoms with Crippen LogP contribution in [0, 0.1) is 17.7 Å². The molecule has 1 aliphatic carbocycles. The first-order chi connectivity index (χ1) is 9.06. The van der Waals surface area contributed by atoms with Gasteiger partial charge in [0.15, 0.2) is 0 Å². The van der Waals surface area contributed by atoms with E-state index in [1.165, 1.54) is 12.1 Å². The number of carbonyl (C=O) groups excluding carboxylic acids is 1. The SMILES string of the molecule is Cl.NC1CCC2CN(C(=O)c3cc(F)ccc3Br)CC12. The van der Waals surface area contributed by atoms with Crippen molar-refractivity contribution in [3.8, 4) is 0 Å². The largest absolute Gasteiger partial charge is 0.338 e. The maximum atomic E-state index is 13.3. The molecule has 1 amide bonds. The zero-order valence-electron chi connectivity index (χ0n) is 10.9. The van der Waals surface area contributed by atoms with Crippen molar-refractivity contribution in [3.63, 3.8) is 0 Å². The number of nitrogens with two attached hydrogens (primary N) is 1. The average molecular weight is 364 g/mol. The molecule has 0 spiro atoms. The molecule has 1 aliphatic heterocycles. The van der Waals surface area contributed by atoms with Crippen molar-refractivity contribution >= 4 is 34.2 Å². The quantitative estimate of drug-likeness (QED) is 0.834. The Morgan fingerprint density at radius 2 is 2.10 bits per heavy atom. The third-order valence-corrected chi connectivity index (χ3v) is 5.05. The third kappa shape index (κ3) is 2.71. The predicted molar refractivity (Wildman–Crippen MR) is 81.4 cm³/mol. The lowest BCUT2D eigenvalue weighted by atomic mass is 9.98. The monoisotopic (exact) mass is 362 g/mol. The van der Waals surface area contributed by atoms with Crippen molar-refractivity contribution in [1.82, 2.24) is 4.90 Å². The van der Waals surface area contributed by atoms with Crippen LogP contribution in [-0.2, 0) is 0 Å². The molecule has 20 heavy (non-hydrogen) atoms. The van der Waals surface area contributed by atoms with Gasteiger partial charge in [0.2, 0.25) is 0 Å². The van der Waals surface area contributed by atoms with Crippen LogP contribution in [0.1, 0.15) is 23.2 Å². The van der Waals surface area contributed by atoms with Gasteiger partial charge in [-0.1, -0.05) is 0 Å². The molecular formula is C14H17BrClFN2O. The summed E-state index contributed by atoms with van der Waals surface area (Å²) in [5.41, 5.74) is 6.46. The zero-order valence-corrected chi connectivity index (χ0v) is 13.3. The summed E-state index contributed by atoms with van der Waals surface area (Å²) in [7, 11) is 0. The van der Waals surface area contributed by atoms with Crippen LogP contribution in [0.15, 0.2) is 22.7 Å². The lowest BCUT2D eigenvalue weighted by molar-refractivity contribution is 0.0778. The molecule has 0 radical (unpaired) electrons. The van der Waals surface area contributed by atoms with Gasteiger partial charge in [0, 0.05) is 23.6 Å². The van der Waals surface area contributed by atoms with E-state index in [2.05, 4.69) is 15.9 Å². The number of benzene rings is 1. The second-order valence-corrected chi connectivity index (χ2v) is 6.35. The van der Waals surface area contributed by atoms with Crippen LogP contribution < -0.4 is 5.73 Å². The van der Waals surface area contributed by atoms with Crippen LogP contribution in [0.4, 0.5) is 4.39 Å². The van der Waals surface area contributed by atoms with Gasteiger partial charge in [-0.3, -0.25) is 4.79 Å². The lowest BCUT2D eigenvalue weighted by Crippen LogP contribution is -2.33. The minimum atomic E-state index is -0.386. The summed E-state index contributed by atoms with van der Waals surface area (Å²) in [5, 5.41) is 0. The molecule has 2 fully saturated rings. The van der Waals surface area contributed by atoms with E-state index in [1.807, 2.05) is 4.90 Å². The molecule has 3 nitrogen and oxygen atoms in total. The fourth-order valence-corrected chi connectivity index (χ4v) is 3.72. The first-order valence-electron chi connectivity index (χ1n) is 6.56. The lowest BCUT2D eigenvalue weighted by Gasteiger charge is -2.19. The summed E-state index contributed by atoms with van der Waals surface area (Å²) in [6, 6.07) is 4.42. The Balaban J connectivity index is 0.00000147. The molecule has 1 aromatic rings. The maximum Gasteiger partial charge on any atom is 0.255 e. The van der Waals surface area contributed by atoms with Gasteiger partial charge in [0.1, 0.15) is 5.82 Å². The molecule has 1 aromatic carbocycles. The molecule has 110 valence electrons. The van der Waals surface area contributed by atoms with Gasteiger partial charge < -0.3 is 10.6 Å². The van der Waals surface area contributed by atoms with Crippen LogP contribution in [0.3, 0.4) is 0 Å². The molecule has 2 aliphatic rings. The standard InChI is InChI=1S/C14H16BrFN2O.ClH/c15-12-3-2-9(16)5-10(12)14(19)18-6-8-1-4-13(17)11(8)7-18;/h2-3,5,8,11,13H,1,4,6-7,17H2;1H. The van der Waals surface area contributed by atoms with E-state index in [4.69, 9.17) is 5.73 Å². The van der Waals surface area contributed by atoms with E-state index in [-0.39, 0.29) is 30.2 Å². The number of fused-ring (bicyclic) bond motifs is 1.